The summed E-state index contributed by atoms with van der Waals surface area (Å²) in [5.41, 5.74) is 1.24. The number of aromatic amines is 1. The Morgan fingerprint density at radius 3 is 2.81 bits per heavy atom. The van der Waals surface area contributed by atoms with Crippen LogP contribution in [0.1, 0.15) is 16.1 Å². The van der Waals surface area contributed by atoms with Crippen LogP contribution in [0.3, 0.4) is 0 Å². The fourth-order valence-electron chi connectivity index (χ4n) is 1.55. The third-order valence-electron chi connectivity index (χ3n) is 2.95. The van der Waals surface area contributed by atoms with Gasteiger partial charge in [-0.15, -0.1) is 21.5 Å². The van der Waals surface area contributed by atoms with Crippen molar-refractivity contribution >= 4 is 29.0 Å². The second kappa shape index (κ2) is 6.86. The molecular weight excluding hydrogens is 308 g/mol. The number of carbonyl (C=O) groups is 1. The maximum Gasteiger partial charge on any atom is 0.273 e. The number of hydrogen-bond acceptors (Lipinski definition) is 6. The van der Waals surface area contributed by atoms with Gasteiger partial charge in [0.1, 0.15) is 5.69 Å². The highest BCUT2D eigenvalue weighted by Gasteiger charge is 2.13. The molecule has 2 rings (SSSR count). The standard InChI is InChI=1S/C13H16N4O2S2/c1-8-4-5-20-10(8)6-17(3)11(18)7-21-13-14-12(19)9(2)15-16-13/h4-5H,6-7H2,1-3H3,(H,14,16,19). The van der Waals surface area contributed by atoms with Crippen LogP contribution in [0.4, 0.5) is 0 Å². The van der Waals surface area contributed by atoms with E-state index in [0.29, 0.717) is 17.4 Å². The number of aryl methyl sites for hydroxylation is 2. The van der Waals surface area contributed by atoms with Gasteiger partial charge in [-0.25, -0.2) is 0 Å². The van der Waals surface area contributed by atoms with Gasteiger partial charge in [-0.1, -0.05) is 11.8 Å². The highest BCUT2D eigenvalue weighted by Crippen LogP contribution is 2.18. The molecule has 6 nitrogen and oxygen atoms in total. The summed E-state index contributed by atoms with van der Waals surface area (Å²) in [7, 11) is 1.77. The van der Waals surface area contributed by atoms with Gasteiger partial charge in [-0.05, 0) is 30.9 Å². The topological polar surface area (TPSA) is 79.0 Å². The molecule has 0 aromatic carbocycles. The van der Waals surface area contributed by atoms with E-state index < -0.39 is 0 Å². The van der Waals surface area contributed by atoms with Crippen molar-refractivity contribution in [3.8, 4) is 0 Å². The largest absolute Gasteiger partial charge is 0.340 e. The molecule has 0 unspecified atom stereocenters. The molecule has 2 heterocycles. The fraction of sp³-hybridized carbons (Fsp3) is 0.385. The van der Waals surface area contributed by atoms with Crippen molar-refractivity contribution in [2.45, 2.75) is 25.5 Å². The maximum absolute atomic E-state index is 12.1. The first-order valence-corrected chi connectivity index (χ1v) is 8.17. The molecule has 0 aliphatic carbocycles. The number of rotatable bonds is 5. The molecule has 1 N–H and O–H groups in total. The van der Waals surface area contributed by atoms with E-state index in [2.05, 4.69) is 15.2 Å². The lowest BCUT2D eigenvalue weighted by molar-refractivity contribution is -0.127. The summed E-state index contributed by atoms with van der Waals surface area (Å²) in [6, 6.07) is 2.04. The summed E-state index contributed by atoms with van der Waals surface area (Å²) in [5, 5.41) is 9.96. The van der Waals surface area contributed by atoms with Gasteiger partial charge in [-0.3, -0.25) is 14.6 Å². The van der Waals surface area contributed by atoms with Crippen LogP contribution in [0.15, 0.2) is 21.4 Å². The van der Waals surface area contributed by atoms with E-state index in [0.717, 1.165) is 0 Å². The summed E-state index contributed by atoms with van der Waals surface area (Å²) >= 11 is 2.82. The lowest BCUT2D eigenvalue weighted by atomic mass is 10.3. The molecule has 2 aromatic heterocycles. The Kier molecular flexibility index (Phi) is 5.13. The fourth-order valence-corrected chi connectivity index (χ4v) is 3.26. The lowest BCUT2D eigenvalue weighted by Crippen LogP contribution is -2.28. The Labute approximate surface area is 130 Å². The van der Waals surface area contributed by atoms with Gasteiger partial charge in [0.25, 0.3) is 5.56 Å². The second-order valence-electron chi connectivity index (χ2n) is 4.61. The van der Waals surface area contributed by atoms with E-state index in [4.69, 9.17) is 0 Å². The minimum Gasteiger partial charge on any atom is -0.340 e. The van der Waals surface area contributed by atoms with E-state index in [1.165, 1.54) is 22.2 Å². The zero-order chi connectivity index (χ0) is 15.4. The molecule has 0 aliphatic rings. The maximum atomic E-state index is 12.1. The normalized spacial score (nSPS) is 10.6. The molecule has 0 saturated carbocycles. The van der Waals surface area contributed by atoms with Crippen LogP contribution >= 0.6 is 23.1 Å². The number of aromatic nitrogens is 3. The minimum absolute atomic E-state index is 0.0176. The Balaban J connectivity index is 1.90. The van der Waals surface area contributed by atoms with E-state index in [1.54, 1.807) is 30.2 Å². The summed E-state index contributed by atoms with van der Waals surface area (Å²) in [5.74, 6) is 0.199. The minimum atomic E-state index is -0.275. The van der Waals surface area contributed by atoms with Crippen LogP contribution in [0, 0.1) is 13.8 Å². The third kappa shape index (κ3) is 4.15. The van der Waals surface area contributed by atoms with E-state index in [-0.39, 0.29) is 17.2 Å². The number of H-pyrrole nitrogens is 1. The van der Waals surface area contributed by atoms with Crippen molar-refractivity contribution in [1.82, 2.24) is 20.1 Å². The molecule has 0 fully saturated rings. The summed E-state index contributed by atoms with van der Waals surface area (Å²) in [6.07, 6.45) is 0. The van der Waals surface area contributed by atoms with Crippen LogP contribution < -0.4 is 5.56 Å². The average molecular weight is 324 g/mol. The van der Waals surface area contributed by atoms with Gasteiger partial charge in [0.2, 0.25) is 5.91 Å². The first-order valence-electron chi connectivity index (χ1n) is 6.30. The Morgan fingerprint density at radius 1 is 1.43 bits per heavy atom. The van der Waals surface area contributed by atoms with E-state index >= 15 is 0 Å². The SMILES string of the molecule is Cc1ccsc1CN(C)C(=O)CSc1nnc(C)c(=O)[nH]1. The third-order valence-corrected chi connectivity index (χ3v) is 4.80. The molecule has 0 radical (unpaired) electrons. The first-order chi connectivity index (χ1) is 9.97. The van der Waals surface area contributed by atoms with Gasteiger partial charge in [0.15, 0.2) is 5.16 Å². The smallest absolute Gasteiger partial charge is 0.273 e. The van der Waals surface area contributed by atoms with Crippen LogP contribution in [0.5, 0.6) is 0 Å². The first kappa shape index (κ1) is 15.7. The number of thioether (sulfide) groups is 1. The molecule has 112 valence electrons. The Hall–Kier alpha value is -1.67. The molecule has 1 amide bonds. The second-order valence-corrected chi connectivity index (χ2v) is 6.57. The van der Waals surface area contributed by atoms with Crippen molar-refractivity contribution in [3.63, 3.8) is 0 Å². The van der Waals surface area contributed by atoms with Gasteiger partial charge in [0, 0.05) is 11.9 Å². The van der Waals surface area contributed by atoms with Crippen LogP contribution in [-0.4, -0.2) is 38.8 Å². The average Bonchev–Trinajstić information content (AvgIpc) is 2.85. The van der Waals surface area contributed by atoms with Crippen LogP contribution in [-0.2, 0) is 11.3 Å². The molecule has 0 aliphatic heterocycles. The summed E-state index contributed by atoms with van der Waals surface area (Å²) in [4.78, 5) is 28.9. The van der Waals surface area contributed by atoms with E-state index in [9.17, 15) is 9.59 Å². The van der Waals surface area contributed by atoms with Crippen molar-refractivity contribution in [3.05, 3.63) is 37.9 Å². The predicted octanol–water partition coefficient (Wildman–Crippen LogP) is 1.59. The van der Waals surface area contributed by atoms with E-state index in [1.807, 2.05) is 18.4 Å². The highest BCUT2D eigenvalue weighted by molar-refractivity contribution is 7.99. The van der Waals surface area contributed by atoms with Crippen molar-refractivity contribution in [2.75, 3.05) is 12.8 Å². The summed E-state index contributed by atoms with van der Waals surface area (Å²) < 4.78 is 0. The zero-order valence-corrected chi connectivity index (χ0v) is 13.7. The lowest BCUT2D eigenvalue weighted by Gasteiger charge is -2.16. The van der Waals surface area contributed by atoms with Crippen molar-refractivity contribution in [2.24, 2.45) is 0 Å². The van der Waals surface area contributed by atoms with Crippen molar-refractivity contribution in [1.29, 1.82) is 0 Å². The molecule has 0 bridgehead atoms. The Morgan fingerprint density at radius 2 is 2.19 bits per heavy atom. The quantitative estimate of drug-likeness (QED) is 0.845. The number of thiophene rings is 1. The number of nitrogens with one attached hydrogen (secondary N) is 1. The highest BCUT2D eigenvalue weighted by atomic mass is 32.2. The number of carbonyl (C=O) groups excluding carboxylic acids is 1. The molecule has 8 heteroatoms. The predicted molar refractivity (Wildman–Crippen MR) is 83.6 cm³/mol. The molecule has 0 spiro atoms. The van der Waals surface area contributed by atoms with Crippen LogP contribution in [0.2, 0.25) is 0 Å². The summed E-state index contributed by atoms with van der Waals surface area (Å²) in [6.45, 7) is 4.22. The van der Waals surface area contributed by atoms with Crippen LogP contribution in [0.25, 0.3) is 0 Å². The molecule has 21 heavy (non-hydrogen) atoms. The number of amides is 1. The Bertz CT molecular complexity index is 695. The van der Waals surface area contributed by atoms with Gasteiger partial charge >= 0.3 is 0 Å². The van der Waals surface area contributed by atoms with Gasteiger partial charge < -0.3 is 4.90 Å². The zero-order valence-electron chi connectivity index (χ0n) is 12.0. The van der Waals surface area contributed by atoms with Gasteiger partial charge in [0.05, 0.1) is 12.3 Å². The van der Waals surface area contributed by atoms with Gasteiger partial charge in [-0.2, -0.15) is 0 Å². The monoisotopic (exact) mass is 324 g/mol. The van der Waals surface area contributed by atoms with Crippen molar-refractivity contribution < 1.29 is 4.79 Å². The molecule has 0 saturated heterocycles. The number of hydrogen-bond donors (Lipinski definition) is 1. The molecular formula is C13H16N4O2S2. The number of nitrogens with zero attached hydrogens (tertiary/aromatic N) is 3. The molecule has 2 aromatic rings. The molecule has 0 atom stereocenters.